The van der Waals surface area contributed by atoms with E-state index < -0.39 is 0 Å². The summed E-state index contributed by atoms with van der Waals surface area (Å²) in [7, 11) is 0. The van der Waals surface area contributed by atoms with Crippen LogP contribution in [-0.4, -0.2) is 15.7 Å². The van der Waals surface area contributed by atoms with Crippen LogP contribution in [0.1, 0.15) is 16.8 Å². The Labute approximate surface area is 172 Å². The predicted octanol–water partition coefficient (Wildman–Crippen LogP) is 5.85. The van der Waals surface area contributed by atoms with Gasteiger partial charge in [0.05, 0.1) is 27.6 Å². The first-order valence-corrected chi connectivity index (χ1v) is 9.74. The molecule has 0 radical (unpaired) electrons. The molecule has 2 heterocycles. The minimum atomic E-state index is -0.128. The monoisotopic (exact) mass is 491 g/mol. The molecule has 4 nitrogen and oxygen atoms in total. The molecular weight excluding hydrogens is 481 g/mol. The summed E-state index contributed by atoms with van der Waals surface area (Å²) in [4.78, 5) is 12.6. The van der Waals surface area contributed by atoms with Crippen LogP contribution in [0.2, 0.25) is 5.02 Å². The number of benzene rings is 2. The highest BCUT2D eigenvalue weighted by atomic mass is 79.9. The number of amides is 1. The van der Waals surface area contributed by atoms with Gasteiger partial charge in [-0.05, 0) is 70.9 Å². The molecule has 0 aliphatic carbocycles. The zero-order valence-corrected chi connectivity index (χ0v) is 17.5. The molecule has 1 amide bonds. The molecule has 7 heteroatoms. The summed E-state index contributed by atoms with van der Waals surface area (Å²) in [6.07, 6.45) is 3.56. The molecule has 130 valence electrons. The Morgan fingerprint density at radius 2 is 1.85 bits per heavy atom. The predicted molar refractivity (Wildman–Crippen MR) is 112 cm³/mol. The molecule has 4 rings (SSSR count). The van der Waals surface area contributed by atoms with Gasteiger partial charge in [-0.1, -0.05) is 27.5 Å². The first kappa shape index (κ1) is 17.5. The Morgan fingerprint density at radius 3 is 2.58 bits per heavy atom. The van der Waals surface area contributed by atoms with Crippen molar-refractivity contribution in [3.63, 3.8) is 0 Å². The Hall–Kier alpha value is -1.89. The van der Waals surface area contributed by atoms with Crippen molar-refractivity contribution >= 4 is 66.7 Å². The van der Waals surface area contributed by atoms with Gasteiger partial charge in [0.25, 0.3) is 5.91 Å². The summed E-state index contributed by atoms with van der Waals surface area (Å²) >= 11 is 13.1. The number of halogens is 3. The van der Waals surface area contributed by atoms with E-state index in [1.807, 2.05) is 49.4 Å². The molecule has 26 heavy (non-hydrogen) atoms. The molecule has 0 saturated heterocycles. The number of nitrogens with one attached hydrogen (secondary N) is 1. The first-order valence-electron chi connectivity index (χ1n) is 7.77. The summed E-state index contributed by atoms with van der Waals surface area (Å²) in [6, 6.07) is 11.2. The minimum Gasteiger partial charge on any atom is -0.321 e. The molecular formula is C19H12Br2ClN3O. The van der Waals surface area contributed by atoms with Crippen LogP contribution in [0.5, 0.6) is 0 Å². The van der Waals surface area contributed by atoms with E-state index in [0.29, 0.717) is 10.6 Å². The highest BCUT2D eigenvalue weighted by Gasteiger charge is 2.27. The van der Waals surface area contributed by atoms with Gasteiger partial charge in [0, 0.05) is 20.7 Å². The fraction of sp³-hybridized carbons (Fsp3) is 0.0526. The van der Waals surface area contributed by atoms with Crippen molar-refractivity contribution < 1.29 is 4.79 Å². The molecule has 0 fully saturated rings. The number of anilines is 1. The number of aromatic nitrogens is 2. The second-order valence-corrected chi connectivity index (χ2v) is 8.02. The number of hydrogen-bond acceptors (Lipinski definition) is 2. The summed E-state index contributed by atoms with van der Waals surface area (Å²) in [6.45, 7) is 1.99. The van der Waals surface area contributed by atoms with Gasteiger partial charge < -0.3 is 5.32 Å². The van der Waals surface area contributed by atoms with Crippen molar-refractivity contribution in [2.45, 2.75) is 6.92 Å². The van der Waals surface area contributed by atoms with E-state index in [2.05, 4.69) is 42.3 Å². The lowest BCUT2D eigenvalue weighted by molar-refractivity contribution is -0.110. The van der Waals surface area contributed by atoms with Crippen molar-refractivity contribution in [2.75, 3.05) is 5.32 Å². The number of carbonyl (C=O) groups is 1. The number of fused-ring (bicyclic) bond motifs is 1. The molecule has 0 bridgehead atoms. The normalized spacial score (nSPS) is 14.6. The van der Waals surface area contributed by atoms with Crippen molar-refractivity contribution in [3.05, 3.63) is 73.4 Å². The van der Waals surface area contributed by atoms with E-state index in [9.17, 15) is 4.79 Å². The second-order valence-electron chi connectivity index (χ2n) is 5.87. The average molecular weight is 494 g/mol. The largest absolute Gasteiger partial charge is 0.321 e. The maximum Gasteiger partial charge on any atom is 0.256 e. The summed E-state index contributed by atoms with van der Waals surface area (Å²) in [5, 5.41) is 8.00. The first-order chi connectivity index (χ1) is 12.5. The lowest BCUT2D eigenvalue weighted by Gasteiger charge is -2.08. The molecule has 0 saturated carbocycles. The van der Waals surface area contributed by atoms with Crippen LogP contribution in [0.3, 0.4) is 0 Å². The van der Waals surface area contributed by atoms with E-state index in [-0.39, 0.29) is 5.91 Å². The van der Waals surface area contributed by atoms with E-state index in [0.717, 1.165) is 37.1 Å². The van der Waals surface area contributed by atoms with Crippen LogP contribution in [0.25, 0.3) is 17.3 Å². The number of carbonyl (C=O) groups excluding carboxylic acids is 1. The van der Waals surface area contributed by atoms with Gasteiger partial charge >= 0.3 is 0 Å². The Kier molecular flexibility index (Phi) is 4.50. The van der Waals surface area contributed by atoms with Crippen LogP contribution in [0.15, 0.2) is 51.5 Å². The smallest absolute Gasteiger partial charge is 0.256 e. The maximum absolute atomic E-state index is 12.6. The third kappa shape index (κ3) is 2.92. The Bertz CT molecular complexity index is 1070. The molecule has 0 spiro atoms. The lowest BCUT2D eigenvalue weighted by atomic mass is 10.0. The van der Waals surface area contributed by atoms with Crippen LogP contribution in [0.4, 0.5) is 5.69 Å². The van der Waals surface area contributed by atoms with Gasteiger partial charge in [0.1, 0.15) is 0 Å². The Balaban J connectivity index is 1.89. The van der Waals surface area contributed by atoms with Crippen LogP contribution < -0.4 is 5.32 Å². The third-order valence-corrected chi connectivity index (χ3v) is 5.99. The summed E-state index contributed by atoms with van der Waals surface area (Å²) in [5.41, 5.74) is 4.98. The molecule has 2 aromatic carbocycles. The van der Waals surface area contributed by atoms with Crippen molar-refractivity contribution in [1.82, 2.24) is 9.78 Å². The highest BCUT2D eigenvalue weighted by molar-refractivity contribution is 9.10. The minimum absolute atomic E-state index is 0.128. The average Bonchev–Trinajstić information content (AvgIpc) is 3.14. The quantitative estimate of drug-likeness (QED) is 0.455. The standard InChI is InChI=1S/C19H12Br2ClN3O/c1-10-14(20)6-7-16-18(10)13(19(26)24-16)8-17-15(21)9-23-25(17)12-4-2-11(22)3-5-12/h2-9H,1H3,(H,24,26). The van der Waals surface area contributed by atoms with E-state index in [1.165, 1.54) is 0 Å². The topological polar surface area (TPSA) is 46.9 Å². The van der Waals surface area contributed by atoms with E-state index in [1.54, 1.807) is 10.9 Å². The number of rotatable bonds is 2. The van der Waals surface area contributed by atoms with Gasteiger partial charge in [-0.2, -0.15) is 5.10 Å². The zero-order chi connectivity index (χ0) is 18.4. The fourth-order valence-electron chi connectivity index (χ4n) is 2.97. The maximum atomic E-state index is 12.6. The molecule has 1 aliphatic rings. The number of hydrogen-bond donors (Lipinski definition) is 1. The SMILES string of the molecule is Cc1c(Br)ccc2c1C(=Cc1c(Br)cnn1-c1ccc(Cl)cc1)C(=O)N2. The number of nitrogens with zero attached hydrogens (tertiary/aromatic N) is 2. The van der Waals surface area contributed by atoms with E-state index >= 15 is 0 Å². The second kappa shape index (κ2) is 6.68. The van der Waals surface area contributed by atoms with Gasteiger partial charge in [-0.15, -0.1) is 0 Å². The van der Waals surface area contributed by atoms with Gasteiger partial charge in [-0.3, -0.25) is 4.79 Å². The molecule has 0 unspecified atom stereocenters. The lowest BCUT2D eigenvalue weighted by Crippen LogP contribution is -2.05. The van der Waals surface area contributed by atoms with E-state index in [4.69, 9.17) is 11.6 Å². The van der Waals surface area contributed by atoms with Crippen molar-refractivity contribution in [1.29, 1.82) is 0 Å². The van der Waals surface area contributed by atoms with Gasteiger partial charge in [-0.25, -0.2) is 4.68 Å². The fourth-order valence-corrected chi connectivity index (χ4v) is 3.80. The zero-order valence-electron chi connectivity index (χ0n) is 13.6. The Morgan fingerprint density at radius 1 is 1.12 bits per heavy atom. The molecule has 1 N–H and O–H groups in total. The van der Waals surface area contributed by atoms with Crippen LogP contribution in [-0.2, 0) is 4.79 Å². The van der Waals surface area contributed by atoms with Crippen LogP contribution in [0, 0.1) is 6.92 Å². The molecule has 3 aromatic rings. The third-order valence-electron chi connectivity index (χ3n) is 4.27. The van der Waals surface area contributed by atoms with Crippen LogP contribution >= 0.6 is 43.5 Å². The molecule has 1 aliphatic heterocycles. The summed E-state index contributed by atoms with van der Waals surface area (Å²) < 4.78 is 3.53. The summed E-state index contributed by atoms with van der Waals surface area (Å²) in [5.74, 6) is -0.128. The van der Waals surface area contributed by atoms with Crippen molar-refractivity contribution in [3.8, 4) is 5.69 Å². The van der Waals surface area contributed by atoms with Gasteiger partial charge in [0.2, 0.25) is 0 Å². The molecule has 1 aromatic heterocycles. The van der Waals surface area contributed by atoms with Crippen molar-refractivity contribution in [2.24, 2.45) is 0 Å². The highest BCUT2D eigenvalue weighted by Crippen LogP contribution is 2.39. The van der Waals surface area contributed by atoms with Gasteiger partial charge in [0.15, 0.2) is 0 Å². The molecule has 0 atom stereocenters.